The minimum atomic E-state index is -0.323. The smallest absolute Gasteiger partial charge is 0.254 e. The molecule has 7 heteroatoms. The lowest BCUT2D eigenvalue weighted by Crippen LogP contribution is -1.95. The first kappa shape index (κ1) is 15.8. The van der Waals surface area contributed by atoms with E-state index in [4.69, 9.17) is 18.6 Å². The summed E-state index contributed by atoms with van der Waals surface area (Å²) in [5.74, 6) is 2.02. The Morgan fingerprint density at radius 1 is 0.958 bits per heavy atom. The van der Waals surface area contributed by atoms with Crippen LogP contribution in [0.2, 0.25) is 0 Å². The summed E-state index contributed by atoms with van der Waals surface area (Å²) in [6.45, 7) is 0.0892. The fourth-order valence-corrected chi connectivity index (χ4v) is 2.07. The quantitative estimate of drug-likeness (QED) is 0.689. The summed E-state index contributed by atoms with van der Waals surface area (Å²) in [4.78, 5) is 0. The Bertz CT molecular complexity index is 818. The molecule has 0 N–H and O–H groups in total. The molecule has 0 saturated carbocycles. The van der Waals surface area contributed by atoms with Crippen LogP contribution in [0.25, 0.3) is 11.5 Å². The fraction of sp³-hybridized carbons (Fsp3) is 0.176. The SMILES string of the molecule is COc1ccc(-c2nnc(COc3ccc(F)cc3)o2)cc1OC. The molecule has 124 valence electrons. The predicted molar refractivity (Wildman–Crippen MR) is 83.6 cm³/mol. The van der Waals surface area contributed by atoms with Crippen LogP contribution in [-0.2, 0) is 6.61 Å². The van der Waals surface area contributed by atoms with Gasteiger partial charge in [0.25, 0.3) is 5.89 Å². The maximum absolute atomic E-state index is 12.8. The van der Waals surface area contributed by atoms with E-state index in [0.29, 0.717) is 34.6 Å². The highest BCUT2D eigenvalue weighted by Crippen LogP contribution is 2.31. The van der Waals surface area contributed by atoms with E-state index in [-0.39, 0.29) is 12.4 Å². The average Bonchev–Trinajstić information content (AvgIpc) is 3.09. The van der Waals surface area contributed by atoms with Gasteiger partial charge in [0.15, 0.2) is 18.1 Å². The lowest BCUT2D eigenvalue weighted by molar-refractivity contribution is 0.264. The van der Waals surface area contributed by atoms with E-state index in [2.05, 4.69) is 10.2 Å². The van der Waals surface area contributed by atoms with E-state index in [9.17, 15) is 4.39 Å². The summed E-state index contributed by atoms with van der Waals surface area (Å²) in [5, 5.41) is 7.93. The third-order valence-electron chi connectivity index (χ3n) is 3.27. The normalized spacial score (nSPS) is 10.5. The van der Waals surface area contributed by atoms with Crippen molar-refractivity contribution in [2.45, 2.75) is 6.61 Å². The van der Waals surface area contributed by atoms with Crippen molar-refractivity contribution in [3.8, 4) is 28.7 Å². The highest BCUT2D eigenvalue weighted by molar-refractivity contribution is 5.59. The molecule has 0 amide bonds. The Labute approximate surface area is 137 Å². The molecule has 2 aromatic carbocycles. The molecule has 0 aliphatic heterocycles. The van der Waals surface area contributed by atoms with Crippen LogP contribution in [0.1, 0.15) is 5.89 Å². The summed E-state index contributed by atoms with van der Waals surface area (Å²) in [6, 6.07) is 11.0. The Morgan fingerprint density at radius 2 is 1.71 bits per heavy atom. The Morgan fingerprint density at radius 3 is 2.42 bits per heavy atom. The molecule has 0 aliphatic rings. The van der Waals surface area contributed by atoms with Gasteiger partial charge in [0.1, 0.15) is 11.6 Å². The van der Waals surface area contributed by atoms with Gasteiger partial charge in [0, 0.05) is 5.56 Å². The minimum Gasteiger partial charge on any atom is -0.493 e. The second kappa shape index (κ2) is 6.99. The van der Waals surface area contributed by atoms with Crippen molar-refractivity contribution in [3.63, 3.8) is 0 Å². The molecule has 6 nitrogen and oxygen atoms in total. The molecular weight excluding hydrogens is 315 g/mol. The largest absolute Gasteiger partial charge is 0.493 e. The number of rotatable bonds is 6. The maximum Gasteiger partial charge on any atom is 0.254 e. The van der Waals surface area contributed by atoms with E-state index in [1.807, 2.05) is 0 Å². The predicted octanol–water partition coefficient (Wildman–Crippen LogP) is 3.47. The first-order valence-corrected chi connectivity index (χ1v) is 7.12. The standard InChI is InChI=1S/C17H15FN2O4/c1-21-14-8-3-11(9-15(14)22-2)17-20-19-16(24-17)10-23-13-6-4-12(18)5-7-13/h3-9H,10H2,1-2H3. The molecule has 0 bridgehead atoms. The summed E-state index contributed by atoms with van der Waals surface area (Å²) < 4.78 is 34.3. The van der Waals surface area contributed by atoms with E-state index >= 15 is 0 Å². The zero-order valence-electron chi connectivity index (χ0n) is 13.2. The zero-order chi connectivity index (χ0) is 16.9. The molecule has 1 heterocycles. The summed E-state index contributed by atoms with van der Waals surface area (Å²) >= 11 is 0. The van der Waals surface area contributed by atoms with Crippen LogP contribution in [-0.4, -0.2) is 24.4 Å². The minimum absolute atomic E-state index is 0.0892. The van der Waals surface area contributed by atoms with Crippen LogP contribution >= 0.6 is 0 Å². The molecule has 3 rings (SSSR count). The molecular formula is C17H15FN2O4. The summed E-state index contributed by atoms with van der Waals surface area (Å²) in [5.41, 5.74) is 0.702. The highest BCUT2D eigenvalue weighted by Gasteiger charge is 2.12. The molecule has 3 aromatic rings. The van der Waals surface area contributed by atoms with Crippen molar-refractivity contribution in [1.82, 2.24) is 10.2 Å². The lowest BCUT2D eigenvalue weighted by atomic mass is 10.2. The van der Waals surface area contributed by atoms with Crippen LogP contribution in [0, 0.1) is 5.82 Å². The van der Waals surface area contributed by atoms with Gasteiger partial charge in [-0.1, -0.05) is 0 Å². The summed E-state index contributed by atoms with van der Waals surface area (Å²) in [6.07, 6.45) is 0. The molecule has 0 unspecified atom stereocenters. The van der Waals surface area contributed by atoms with E-state index in [1.165, 1.54) is 24.3 Å². The monoisotopic (exact) mass is 330 g/mol. The Balaban J connectivity index is 1.72. The molecule has 0 spiro atoms. The topological polar surface area (TPSA) is 66.6 Å². The number of ether oxygens (including phenoxy) is 3. The number of nitrogens with zero attached hydrogens (tertiary/aromatic N) is 2. The van der Waals surface area contributed by atoms with Crippen LogP contribution in [0.4, 0.5) is 4.39 Å². The molecule has 0 saturated heterocycles. The first-order valence-electron chi connectivity index (χ1n) is 7.12. The van der Waals surface area contributed by atoms with Crippen molar-refractivity contribution in [2.75, 3.05) is 14.2 Å². The van der Waals surface area contributed by atoms with Crippen molar-refractivity contribution in [2.24, 2.45) is 0 Å². The number of hydrogen-bond donors (Lipinski definition) is 0. The van der Waals surface area contributed by atoms with Gasteiger partial charge in [0.05, 0.1) is 14.2 Å². The van der Waals surface area contributed by atoms with Gasteiger partial charge < -0.3 is 18.6 Å². The van der Waals surface area contributed by atoms with Crippen LogP contribution in [0.3, 0.4) is 0 Å². The second-order valence-corrected chi connectivity index (χ2v) is 4.81. The maximum atomic E-state index is 12.8. The second-order valence-electron chi connectivity index (χ2n) is 4.81. The first-order chi connectivity index (χ1) is 11.7. The van der Waals surface area contributed by atoms with E-state index in [0.717, 1.165) is 0 Å². The molecule has 1 aromatic heterocycles. The molecule has 0 atom stereocenters. The van der Waals surface area contributed by atoms with Crippen LogP contribution in [0.15, 0.2) is 46.9 Å². The molecule has 0 aliphatic carbocycles. The van der Waals surface area contributed by atoms with Gasteiger partial charge in [-0.05, 0) is 42.5 Å². The Kier molecular flexibility index (Phi) is 4.60. The van der Waals surface area contributed by atoms with Gasteiger partial charge in [-0.25, -0.2) is 4.39 Å². The number of halogens is 1. The van der Waals surface area contributed by atoms with Gasteiger partial charge in [-0.15, -0.1) is 10.2 Å². The van der Waals surface area contributed by atoms with Crippen molar-refractivity contribution in [1.29, 1.82) is 0 Å². The van der Waals surface area contributed by atoms with E-state index < -0.39 is 0 Å². The number of aromatic nitrogens is 2. The molecule has 0 radical (unpaired) electrons. The summed E-state index contributed by atoms with van der Waals surface area (Å²) in [7, 11) is 3.12. The Hall–Kier alpha value is -3.09. The molecule has 24 heavy (non-hydrogen) atoms. The van der Waals surface area contributed by atoms with Gasteiger partial charge in [-0.2, -0.15) is 0 Å². The lowest BCUT2D eigenvalue weighted by Gasteiger charge is -2.07. The molecule has 0 fully saturated rings. The third kappa shape index (κ3) is 3.45. The average molecular weight is 330 g/mol. The van der Waals surface area contributed by atoms with Crippen molar-refractivity contribution >= 4 is 0 Å². The number of benzene rings is 2. The van der Waals surface area contributed by atoms with Crippen molar-refractivity contribution in [3.05, 3.63) is 54.2 Å². The van der Waals surface area contributed by atoms with Gasteiger partial charge >= 0.3 is 0 Å². The van der Waals surface area contributed by atoms with Crippen LogP contribution < -0.4 is 14.2 Å². The zero-order valence-corrected chi connectivity index (χ0v) is 13.2. The third-order valence-corrected chi connectivity index (χ3v) is 3.27. The fourth-order valence-electron chi connectivity index (χ4n) is 2.07. The van der Waals surface area contributed by atoms with Gasteiger partial charge in [-0.3, -0.25) is 0 Å². The van der Waals surface area contributed by atoms with Gasteiger partial charge in [0.2, 0.25) is 5.89 Å². The van der Waals surface area contributed by atoms with E-state index in [1.54, 1.807) is 32.4 Å². The number of methoxy groups -OCH3 is 2. The number of hydrogen-bond acceptors (Lipinski definition) is 6. The van der Waals surface area contributed by atoms with Crippen LogP contribution in [0.5, 0.6) is 17.2 Å². The van der Waals surface area contributed by atoms with Crippen molar-refractivity contribution < 1.29 is 23.0 Å². The highest BCUT2D eigenvalue weighted by atomic mass is 19.1.